The maximum atomic E-state index is 12.1. The molecular weight excluding hydrogens is 235 g/mol. The zero-order chi connectivity index (χ0) is 12.5. The van der Waals surface area contributed by atoms with E-state index in [1.807, 2.05) is 11.8 Å². The lowest BCUT2D eigenvalue weighted by Crippen LogP contribution is -2.49. The van der Waals surface area contributed by atoms with E-state index in [4.69, 9.17) is 0 Å². The van der Waals surface area contributed by atoms with Gasteiger partial charge in [0.05, 0.1) is 0 Å². The summed E-state index contributed by atoms with van der Waals surface area (Å²) < 4.78 is 36.4. The second kappa shape index (κ2) is 4.52. The minimum Gasteiger partial charge on any atom is -0.337 e. The van der Waals surface area contributed by atoms with Crippen LogP contribution in [0, 0.1) is 0 Å². The van der Waals surface area contributed by atoms with Crippen molar-refractivity contribution in [2.24, 2.45) is 0 Å². The molecule has 1 aromatic heterocycles. The first-order chi connectivity index (χ1) is 7.94. The number of nitrogens with one attached hydrogen (secondary N) is 2. The molecule has 17 heavy (non-hydrogen) atoms. The van der Waals surface area contributed by atoms with Crippen molar-refractivity contribution in [2.75, 3.05) is 24.5 Å². The Morgan fingerprint density at radius 2 is 2.24 bits per heavy atom. The molecule has 8 heteroatoms. The van der Waals surface area contributed by atoms with E-state index in [1.165, 1.54) is 0 Å². The number of hydrogen-bond donors (Lipinski definition) is 2. The highest BCUT2D eigenvalue weighted by Crippen LogP contribution is 2.20. The third kappa shape index (κ3) is 3.32. The molecule has 1 fully saturated rings. The molecule has 0 bridgehead atoms. The number of halogens is 3. The smallest absolute Gasteiger partial charge is 0.337 e. The number of alkyl halides is 3. The normalized spacial score (nSPS) is 21.9. The molecule has 0 aliphatic carbocycles. The maximum Gasteiger partial charge on any atom is 0.396 e. The van der Waals surface area contributed by atoms with Gasteiger partial charge in [0.25, 0.3) is 0 Å². The minimum absolute atomic E-state index is 0.140. The molecule has 2 rings (SSSR count). The van der Waals surface area contributed by atoms with E-state index in [1.54, 1.807) is 0 Å². The van der Waals surface area contributed by atoms with Crippen LogP contribution in [-0.2, 0) is 6.42 Å². The maximum absolute atomic E-state index is 12.1. The zero-order valence-electron chi connectivity index (χ0n) is 9.38. The Balaban J connectivity index is 2.02. The average Bonchev–Trinajstić information content (AvgIpc) is 2.63. The van der Waals surface area contributed by atoms with E-state index >= 15 is 0 Å². The predicted molar refractivity (Wildman–Crippen MR) is 55.8 cm³/mol. The van der Waals surface area contributed by atoms with Gasteiger partial charge in [-0.3, -0.25) is 5.10 Å². The van der Waals surface area contributed by atoms with Crippen molar-refractivity contribution in [3.63, 3.8) is 0 Å². The second-order valence-corrected chi connectivity index (χ2v) is 4.18. The molecule has 96 valence electrons. The Labute approximate surface area is 96.4 Å². The molecule has 0 unspecified atom stereocenters. The lowest BCUT2D eigenvalue weighted by molar-refractivity contribution is -0.128. The number of rotatable bonds is 2. The van der Waals surface area contributed by atoms with E-state index in [0.717, 1.165) is 6.54 Å². The van der Waals surface area contributed by atoms with E-state index in [2.05, 4.69) is 20.5 Å². The molecule has 0 saturated carbocycles. The number of piperazine rings is 1. The number of nitrogens with zero attached hydrogens (tertiary/aromatic N) is 3. The molecule has 1 aliphatic rings. The van der Waals surface area contributed by atoms with Gasteiger partial charge in [0.2, 0.25) is 5.95 Å². The Morgan fingerprint density at radius 3 is 2.88 bits per heavy atom. The van der Waals surface area contributed by atoms with Crippen LogP contribution < -0.4 is 10.2 Å². The van der Waals surface area contributed by atoms with Crippen molar-refractivity contribution in [2.45, 2.75) is 25.6 Å². The van der Waals surface area contributed by atoms with Crippen LogP contribution in [0.1, 0.15) is 12.7 Å². The van der Waals surface area contributed by atoms with Crippen molar-refractivity contribution in [3.05, 3.63) is 5.82 Å². The summed E-state index contributed by atoms with van der Waals surface area (Å²) in [5.41, 5.74) is 0. The van der Waals surface area contributed by atoms with Crippen LogP contribution in [0.25, 0.3) is 0 Å². The Kier molecular flexibility index (Phi) is 3.23. The molecule has 0 amide bonds. The van der Waals surface area contributed by atoms with Gasteiger partial charge >= 0.3 is 6.18 Å². The lowest BCUT2D eigenvalue weighted by atomic mass is 10.2. The molecule has 1 saturated heterocycles. The van der Waals surface area contributed by atoms with Crippen molar-refractivity contribution in [1.82, 2.24) is 20.5 Å². The van der Waals surface area contributed by atoms with Gasteiger partial charge in [0.15, 0.2) is 0 Å². The van der Waals surface area contributed by atoms with Crippen LogP contribution in [0.3, 0.4) is 0 Å². The molecular formula is C9H14F3N5. The number of aromatic nitrogens is 3. The summed E-state index contributed by atoms with van der Waals surface area (Å²) in [5, 5.41) is 9.39. The topological polar surface area (TPSA) is 56.8 Å². The van der Waals surface area contributed by atoms with Crippen LogP contribution in [-0.4, -0.2) is 47.0 Å². The van der Waals surface area contributed by atoms with Gasteiger partial charge in [-0.05, 0) is 6.92 Å². The third-order valence-corrected chi connectivity index (χ3v) is 2.54. The minimum atomic E-state index is -4.26. The highest BCUT2D eigenvalue weighted by Gasteiger charge is 2.30. The second-order valence-electron chi connectivity index (χ2n) is 4.18. The van der Waals surface area contributed by atoms with Gasteiger partial charge in [0, 0.05) is 25.7 Å². The number of anilines is 1. The van der Waals surface area contributed by atoms with Crippen molar-refractivity contribution >= 4 is 5.95 Å². The fraction of sp³-hybridized carbons (Fsp3) is 0.778. The summed E-state index contributed by atoms with van der Waals surface area (Å²) in [4.78, 5) is 5.74. The lowest BCUT2D eigenvalue weighted by Gasteiger charge is -2.30. The van der Waals surface area contributed by atoms with E-state index in [-0.39, 0.29) is 11.9 Å². The summed E-state index contributed by atoms with van der Waals surface area (Å²) in [5.74, 6) is 0.205. The van der Waals surface area contributed by atoms with E-state index in [9.17, 15) is 13.2 Å². The first kappa shape index (κ1) is 12.2. The van der Waals surface area contributed by atoms with Crippen LogP contribution >= 0.6 is 0 Å². The van der Waals surface area contributed by atoms with Crippen molar-refractivity contribution in [1.29, 1.82) is 0 Å². The van der Waals surface area contributed by atoms with Gasteiger partial charge < -0.3 is 10.2 Å². The highest BCUT2D eigenvalue weighted by atomic mass is 19.4. The molecule has 0 aromatic carbocycles. The predicted octanol–water partition coefficient (Wildman–Crippen LogP) is 0.708. The summed E-state index contributed by atoms with van der Waals surface area (Å²) in [6, 6.07) is 0.285. The van der Waals surface area contributed by atoms with E-state index in [0.29, 0.717) is 19.0 Å². The number of H-pyrrole nitrogens is 1. The van der Waals surface area contributed by atoms with Crippen LogP contribution in [0.4, 0.5) is 19.1 Å². The number of hydrogen-bond acceptors (Lipinski definition) is 4. The first-order valence-electron chi connectivity index (χ1n) is 5.40. The molecule has 1 aromatic rings. The molecule has 1 aliphatic heterocycles. The van der Waals surface area contributed by atoms with Crippen LogP contribution in [0.2, 0.25) is 0 Å². The fourth-order valence-corrected chi connectivity index (χ4v) is 1.81. The van der Waals surface area contributed by atoms with Gasteiger partial charge in [-0.25, -0.2) is 0 Å². The SMILES string of the molecule is C[C@@H]1CN(c2n[nH]c(CC(F)(F)F)n2)CCN1. The zero-order valence-corrected chi connectivity index (χ0v) is 9.38. The Morgan fingerprint density at radius 1 is 1.47 bits per heavy atom. The monoisotopic (exact) mass is 249 g/mol. The molecule has 5 nitrogen and oxygen atoms in total. The number of aromatic amines is 1. The molecule has 1 atom stereocenters. The summed E-state index contributed by atoms with van der Waals surface area (Å²) >= 11 is 0. The quantitative estimate of drug-likeness (QED) is 0.810. The van der Waals surface area contributed by atoms with Crippen LogP contribution in [0.5, 0.6) is 0 Å². The van der Waals surface area contributed by atoms with Gasteiger partial charge in [0.1, 0.15) is 12.2 Å². The first-order valence-corrected chi connectivity index (χ1v) is 5.40. The highest BCUT2D eigenvalue weighted by molar-refractivity contribution is 5.30. The van der Waals surface area contributed by atoms with E-state index < -0.39 is 12.6 Å². The Bertz CT molecular complexity index is 375. The molecule has 2 heterocycles. The summed E-state index contributed by atoms with van der Waals surface area (Å²) in [6.45, 7) is 4.19. The summed E-state index contributed by atoms with van der Waals surface area (Å²) in [7, 11) is 0. The molecule has 2 N–H and O–H groups in total. The fourth-order valence-electron chi connectivity index (χ4n) is 1.81. The molecule has 0 spiro atoms. The summed E-state index contributed by atoms with van der Waals surface area (Å²) in [6.07, 6.45) is -5.32. The van der Waals surface area contributed by atoms with Gasteiger partial charge in [-0.1, -0.05) is 0 Å². The third-order valence-electron chi connectivity index (χ3n) is 2.54. The molecule has 0 radical (unpaired) electrons. The van der Waals surface area contributed by atoms with Gasteiger partial charge in [-0.15, -0.1) is 5.10 Å². The van der Waals surface area contributed by atoms with Crippen molar-refractivity contribution in [3.8, 4) is 0 Å². The largest absolute Gasteiger partial charge is 0.396 e. The Hall–Kier alpha value is -1.31. The van der Waals surface area contributed by atoms with Gasteiger partial charge in [-0.2, -0.15) is 18.2 Å². The average molecular weight is 249 g/mol. The van der Waals surface area contributed by atoms with Crippen LogP contribution in [0.15, 0.2) is 0 Å². The van der Waals surface area contributed by atoms with Crippen molar-refractivity contribution < 1.29 is 13.2 Å². The standard InChI is InChI=1S/C9H14F3N5/c1-6-5-17(3-2-13-6)8-14-7(15-16-8)4-9(10,11)12/h6,13H,2-5H2,1H3,(H,14,15,16)/t6-/m1/s1.